The van der Waals surface area contributed by atoms with Crippen LogP contribution in [0.2, 0.25) is 0 Å². The molecule has 0 saturated heterocycles. The first-order valence-electron chi connectivity index (χ1n) is 12.6. The summed E-state index contributed by atoms with van der Waals surface area (Å²) in [6.45, 7) is 9.20. The fourth-order valence-corrected chi connectivity index (χ4v) is 3.41. The third-order valence-corrected chi connectivity index (χ3v) is 5.00. The summed E-state index contributed by atoms with van der Waals surface area (Å²) in [4.78, 5) is 44.8. The van der Waals surface area contributed by atoms with Crippen molar-refractivity contribution in [3.05, 3.63) is 0 Å². The number of amides is 4. The lowest BCUT2D eigenvalue weighted by atomic mass is 9.98. The van der Waals surface area contributed by atoms with Gasteiger partial charge in [0.2, 0.25) is 0 Å². The van der Waals surface area contributed by atoms with Crippen LogP contribution in [0.3, 0.4) is 0 Å². The van der Waals surface area contributed by atoms with Crippen molar-refractivity contribution in [2.45, 2.75) is 117 Å². The lowest BCUT2D eigenvalue weighted by Crippen LogP contribution is -2.22. The molecule has 0 aliphatic heterocycles. The quantitative estimate of drug-likeness (QED) is 0.276. The van der Waals surface area contributed by atoms with E-state index in [2.05, 4.69) is 20.5 Å². The largest absolute Gasteiger partial charge is 0.453 e. The van der Waals surface area contributed by atoms with Crippen LogP contribution in [-0.4, -0.2) is 48.8 Å². The van der Waals surface area contributed by atoms with E-state index in [1.165, 1.54) is 12.8 Å². The molecular formula is C24H40N4O8. The third kappa shape index (κ3) is 16.7. The molecule has 2 aliphatic rings. The van der Waals surface area contributed by atoms with Gasteiger partial charge in [0, 0.05) is 0 Å². The molecule has 0 aromatic carbocycles. The molecule has 12 nitrogen and oxygen atoms in total. The van der Waals surface area contributed by atoms with Gasteiger partial charge in [0.1, 0.15) is 17.8 Å². The Morgan fingerprint density at radius 1 is 0.667 bits per heavy atom. The van der Waals surface area contributed by atoms with Gasteiger partial charge in [-0.15, -0.1) is 0 Å². The highest BCUT2D eigenvalue weighted by molar-refractivity contribution is 5.74. The molecule has 2 fully saturated rings. The minimum Gasteiger partial charge on any atom is -0.447 e. The molecule has 0 atom stereocenters. The van der Waals surface area contributed by atoms with Crippen molar-refractivity contribution in [2.75, 3.05) is 6.61 Å². The van der Waals surface area contributed by atoms with E-state index in [4.69, 9.17) is 18.9 Å². The second kappa shape index (κ2) is 16.7. The van der Waals surface area contributed by atoms with Gasteiger partial charge in [0.05, 0.1) is 6.61 Å². The number of carbonyl (C=O) groups is 4. The Balaban J connectivity index is 0.000000360. The smallest absolute Gasteiger partial charge is 0.447 e. The van der Waals surface area contributed by atoms with Crippen molar-refractivity contribution < 1.29 is 38.1 Å². The predicted octanol–water partition coefficient (Wildman–Crippen LogP) is 7.54. The molecule has 0 N–H and O–H groups in total. The van der Waals surface area contributed by atoms with E-state index in [0.29, 0.717) is 0 Å². The van der Waals surface area contributed by atoms with Crippen molar-refractivity contribution in [2.24, 2.45) is 26.4 Å². The first-order valence-corrected chi connectivity index (χ1v) is 12.6. The van der Waals surface area contributed by atoms with Crippen molar-refractivity contribution in [1.29, 1.82) is 0 Å². The molecule has 12 heteroatoms. The van der Waals surface area contributed by atoms with Gasteiger partial charge in [-0.2, -0.15) is 0 Å². The zero-order valence-electron chi connectivity index (χ0n) is 22.1. The van der Waals surface area contributed by atoms with Gasteiger partial charge in [0.15, 0.2) is 0 Å². The van der Waals surface area contributed by atoms with E-state index in [9.17, 15) is 19.2 Å². The number of nitrogens with zero attached hydrogens (tertiary/aromatic N) is 4. The predicted molar refractivity (Wildman–Crippen MR) is 129 cm³/mol. The first kappa shape index (κ1) is 31.1. The van der Waals surface area contributed by atoms with Gasteiger partial charge in [-0.25, -0.2) is 19.2 Å². The molecule has 0 aromatic heterocycles. The van der Waals surface area contributed by atoms with Crippen molar-refractivity contribution >= 4 is 24.4 Å². The molecule has 204 valence electrons. The van der Waals surface area contributed by atoms with Crippen LogP contribution in [0.1, 0.15) is 98.8 Å². The fraction of sp³-hybridized carbons (Fsp3) is 0.833. The van der Waals surface area contributed by atoms with Gasteiger partial charge < -0.3 is 18.9 Å². The second-order valence-corrected chi connectivity index (χ2v) is 10.1. The summed E-state index contributed by atoms with van der Waals surface area (Å²) in [5, 5.41) is 12.7. The lowest BCUT2D eigenvalue weighted by Gasteiger charge is -2.20. The monoisotopic (exact) mass is 512 g/mol. The van der Waals surface area contributed by atoms with E-state index >= 15 is 0 Å². The molecule has 4 amide bonds. The van der Waals surface area contributed by atoms with E-state index in [-0.39, 0.29) is 24.7 Å². The normalized spacial score (nSPS) is 17.4. The molecule has 2 aliphatic carbocycles. The zero-order valence-corrected chi connectivity index (χ0v) is 22.1. The van der Waals surface area contributed by atoms with Crippen LogP contribution >= 0.6 is 0 Å². The number of ether oxygens (including phenoxy) is 4. The SMILES string of the molecule is CC(C)(C)OC(=O)N=NC(=O)OC1CCCCC1.CC(C)COC(=O)N=NC(=O)OC1CCCCC1. The maximum atomic E-state index is 11.3. The van der Waals surface area contributed by atoms with Crippen molar-refractivity contribution in [1.82, 2.24) is 0 Å². The minimum atomic E-state index is -0.886. The molecule has 0 heterocycles. The van der Waals surface area contributed by atoms with Crippen LogP contribution in [0.4, 0.5) is 19.2 Å². The number of hydrogen-bond acceptors (Lipinski definition) is 8. The summed E-state index contributed by atoms with van der Waals surface area (Å²) in [5.74, 6) is 0.221. The molecule has 36 heavy (non-hydrogen) atoms. The Morgan fingerprint density at radius 3 is 1.44 bits per heavy atom. The summed E-state index contributed by atoms with van der Waals surface area (Å²) < 4.78 is 19.7. The summed E-state index contributed by atoms with van der Waals surface area (Å²) in [6, 6.07) is 0. The van der Waals surface area contributed by atoms with Gasteiger partial charge in [-0.05, 0) is 78.1 Å². The number of azo groups is 2. The standard InChI is InChI=1S/2C12H20N2O4/c1-12(2,3)18-11(16)14-13-10(15)17-9-7-5-4-6-8-9;1-9(2)8-17-11(15)13-14-12(16)18-10-6-4-3-5-7-10/h9H,4-8H2,1-3H3;9-10H,3-8H2,1-2H3. The Kier molecular flexibility index (Phi) is 14.4. The molecule has 0 bridgehead atoms. The van der Waals surface area contributed by atoms with E-state index < -0.39 is 30.0 Å². The van der Waals surface area contributed by atoms with Crippen LogP contribution in [0.5, 0.6) is 0 Å². The second-order valence-electron chi connectivity index (χ2n) is 10.1. The minimum absolute atomic E-state index is 0.0862. The van der Waals surface area contributed by atoms with Gasteiger partial charge in [-0.3, -0.25) is 0 Å². The molecule has 0 radical (unpaired) electrons. The molecule has 2 saturated carbocycles. The summed E-state index contributed by atoms with van der Waals surface area (Å²) in [5.41, 5.74) is -0.649. The zero-order chi connectivity index (χ0) is 27.0. The van der Waals surface area contributed by atoms with Crippen molar-refractivity contribution in [3.63, 3.8) is 0 Å². The summed E-state index contributed by atoms with van der Waals surface area (Å²) in [7, 11) is 0. The molecular weight excluding hydrogens is 472 g/mol. The summed E-state index contributed by atoms with van der Waals surface area (Å²) >= 11 is 0. The lowest BCUT2D eigenvalue weighted by molar-refractivity contribution is 0.0570. The molecule has 0 unspecified atom stereocenters. The maximum absolute atomic E-state index is 11.3. The molecule has 2 rings (SSSR count). The number of carbonyl (C=O) groups excluding carboxylic acids is 4. The highest BCUT2D eigenvalue weighted by Crippen LogP contribution is 2.21. The van der Waals surface area contributed by atoms with Crippen LogP contribution in [0.15, 0.2) is 20.5 Å². The Bertz CT molecular complexity index is 765. The average Bonchev–Trinajstić information content (AvgIpc) is 2.81. The average molecular weight is 513 g/mol. The van der Waals surface area contributed by atoms with E-state index in [1.807, 2.05) is 13.8 Å². The first-order chi connectivity index (χ1) is 16.9. The van der Waals surface area contributed by atoms with Gasteiger partial charge in [0.25, 0.3) is 0 Å². The highest BCUT2D eigenvalue weighted by atomic mass is 16.6. The van der Waals surface area contributed by atoms with Crippen LogP contribution in [0.25, 0.3) is 0 Å². The van der Waals surface area contributed by atoms with Crippen LogP contribution in [0, 0.1) is 5.92 Å². The van der Waals surface area contributed by atoms with Gasteiger partial charge in [-0.1, -0.05) is 47.1 Å². The highest BCUT2D eigenvalue weighted by Gasteiger charge is 2.19. The fourth-order valence-electron chi connectivity index (χ4n) is 3.41. The Labute approximate surface area is 212 Å². The molecule has 0 aromatic rings. The van der Waals surface area contributed by atoms with Crippen LogP contribution in [-0.2, 0) is 18.9 Å². The Hall–Kier alpha value is -2.92. The topological polar surface area (TPSA) is 155 Å². The number of rotatable bonds is 4. The summed E-state index contributed by atoms with van der Waals surface area (Å²) in [6.07, 6.45) is 6.45. The van der Waals surface area contributed by atoms with Crippen LogP contribution < -0.4 is 0 Å². The van der Waals surface area contributed by atoms with Crippen molar-refractivity contribution in [3.8, 4) is 0 Å². The number of hydrogen-bond donors (Lipinski definition) is 0. The maximum Gasteiger partial charge on any atom is 0.453 e. The third-order valence-electron chi connectivity index (χ3n) is 5.00. The van der Waals surface area contributed by atoms with E-state index in [0.717, 1.165) is 51.4 Å². The molecule has 0 spiro atoms. The van der Waals surface area contributed by atoms with Gasteiger partial charge >= 0.3 is 24.4 Å². The van der Waals surface area contributed by atoms with E-state index in [1.54, 1.807) is 20.8 Å². The Morgan fingerprint density at radius 2 is 1.06 bits per heavy atom.